The Labute approximate surface area is 99.9 Å². The van der Waals surface area contributed by atoms with Crippen LogP contribution in [0.4, 0.5) is 0 Å². The summed E-state index contributed by atoms with van der Waals surface area (Å²) in [5, 5.41) is 4.22. The van der Waals surface area contributed by atoms with Crippen LogP contribution in [0.2, 0.25) is 0 Å². The Kier molecular flexibility index (Phi) is 3.41. The van der Waals surface area contributed by atoms with Crippen molar-refractivity contribution >= 4 is 11.3 Å². The minimum atomic E-state index is 0.317. The predicted octanol–water partition coefficient (Wildman–Crippen LogP) is 2.77. The molecule has 4 heteroatoms. The summed E-state index contributed by atoms with van der Waals surface area (Å²) in [6.07, 6.45) is 3.79. The van der Waals surface area contributed by atoms with Gasteiger partial charge < -0.3 is 10.3 Å². The van der Waals surface area contributed by atoms with Crippen molar-refractivity contribution in [3.05, 3.63) is 29.4 Å². The number of hydrogen-bond donors (Lipinski definition) is 1. The van der Waals surface area contributed by atoms with E-state index in [1.165, 1.54) is 5.56 Å². The predicted molar refractivity (Wildman–Crippen MR) is 68.5 cm³/mol. The van der Waals surface area contributed by atoms with E-state index in [-0.39, 0.29) is 0 Å². The fraction of sp³-hybridized carbons (Fsp3) is 0.417. The summed E-state index contributed by atoms with van der Waals surface area (Å²) in [6, 6.07) is 2.43. The van der Waals surface area contributed by atoms with Gasteiger partial charge in [-0.3, -0.25) is 0 Å². The number of thiophene rings is 1. The number of hydrogen-bond acceptors (Lipinski definition) is 3. The second-order valence-corrected chi connectivity index (χ2v) is 5.03. The maximum atomic E-state index is 5.84. The molecule has 2 N–H and O–H groups in total. The van der Waals surface area contributed by atoms with Gasteiger partial charge in [-0.2, -0.15) is 11.3 Å². The normalized spacial score (nSPS) is 13.2. The van der Waals surface area contributed by atoms with Gasteiger partial charge in [0.2, 0.25) is 0 Å². The molecular weight excluding hydrogens is 218 g/mol. The number of nitrogens with two attached hydrogens (primary N) is 1. The highest BCUT2D eigenvalue weighted by atomic mass is 32.1. The van der Waals surface area contributed by atoms with E-state index in [4.69, 9.17) is 5.73 Å². The van der Waals surface area contributed by atoms with Crippen LogP contribution in [0.5, 0.6) is 0 Å². The fourth-order valence-corrected chi connectivity index (χ4v) is 2.56. The summed E-state index contributed by atoms with van der Waals surface area (Å²) in [6.45, 7) is 5.02. The Balaban J connectivity index is 2.39. The third kappa shape index (κ3) is 2.03. The van der Waals surface area contributed by atoms with Gasteiger partial charge in [0.25, 0.3) is 0 Å². The molecule has 2 rings (SSSR count). The summed E-state index contributed by atoms with van der Waals surface area (Å²) in [4.78, 5) is 4.24. The maximum absolute atomic E-state index is 5.84. The van der Waals surface area contributed by atoms with E-state index in [1.807, 2.05) is 12.5 Å². The molecule has 3 nitrogen and oxygen atoms in total. The Bertz CT molecular complexity index is 431. The van der Waals surface area contributed by atoms with Crippen molar-refractivity contribution in [3.8, 4) is 11.3 Å². The first-order valence-electron chi connectivity index (χ1n) is 5.48. The molecule has 16 heavy (non-hydrogen) atoms. The standard InChI is InChI=1S/C12H17N3S/c1-9(2)11(5-13)15-8-14-6-12(15)10-3-4-16-7-10/h3-4,6-9,11H,5,13H2,1-2H3. The highest BCUT2D eigenvalue weighted by molar-refractivity contribution is 7.08. The van der Waals surface area contributed by atoms with Crippen LogP contribution in [-0.4, -0.2) is 16.1 Å². The van der Waals surface area contributed by atoms with E-state index in [0.717, 1.165) is 5.69 Å². The highest BCUT2D eigenvalue weighted by Crippen LogP contribution is 2.27. The lowest BCUT2D eigenvalue weighted by Gasteiger charge is -2.22. The molecule has 2 aromatic heterocycles. The van der Waals surface area contributed by atoms with Gasteiger partial charge >= 0.3 is 0 Å². The van der Waals surface area contributed by atoms with Crippen molar-refractivity contribution in [2.75, 3.05) is 6.54 Å². The van der Waals surface area contributed by atoms with Crippen molar-refractivity contribution < 1.29 is 0 Å². The zero-order valence-corrected chi connectivity index (χ0v) is 10.4. The lowest BCUT2D eigenvalue weighted by molar-refractivity contribution is 0.387. The lowest BCUT2D eigenvalue weighted by atomic mass is 10.0. The van der Waals surface area contributed by atoms with Crippen molar-refractivity contribution in [2.45, 2.75) is 19.9 Å². The molecule has 0 spiro atoms. The number of rotatable bonds is 4. The van der Waals surface area contributed by atoms with Crippen molar-refractivity contribution in [2.24, 2.45) is 11.7 Å². The Morgan fingerprint density at radius 2 is 2.31 bits per heavy atom. The molecule has 0 aliphatic carbocycles. The second kappa shape index (κ2) is 4.80. The Hall–Kier alpha value is -1.13. The zero-order valence-electron chi connectivity index (χ0n) is 9.63. The van der Waals surface area contributed by atoms with Crippen LogP contribution in [0, 0.1) is 5.92 Å². The SMILES string of the molecule is CC(C)C(CN)n1cncc1-c1ccsc1. The van der Waals surface area contributed by atoms with Crippen LogP contribution >= 0.6 is 11.3 Å². The minimum absolute atomic E-state index is 0.317. The van der Waals surface area contributed by atoms with Crippen LogP contribution in [0.15, 0.2) is 29.4 Å². The van der Waals surface area contributed by atoms with E-state index in [2.05, 4.69) is 40.2 Å². The number of aromatic nitrogens is 2. The third-order valence-electron chi connectivity index (χ3n) is 2.85. The van der Waals surface area contributed by atoms with Gasteiger partial charge in [-0.25, -0.2) is 4.98 Å². The average Bonchev–Trinajstić information content (AvgIpc) is 2.86. The average molecular weight is 235 g/mol. The molecule has 86 valence electrons. The Morgan fingerprint density at radius 3 is 2.88 bits per heavy atom. The number of nitrogens with zero attached hydrogens (tertiary/aromatic N) is 2. The van der Waals surface area contributed by atoms with Gasteiger partial charge in [-0.05, 0) is 17.4 Å². The first-order valence-corrected chi connectivity index (χ1v) is 6.42. The summed E-state index contributed by atoms with van der Waals surface area (Å²) < 4.78 is 2.19. The van der Waals surface area contributed by atoms with Crippen LogP contribution < -0.4 is 5.73 Å². The molecule has 0 aromatic carbocycles. The molecule has 0 saturated carbocycles. The van der Waals surface area contributed by atoms with E-state index < -0.39 is 0 Å². The molecule has 1 unspecified atom stereocenters. The minimum Gasteiger partial charge on any atom is -0.328 e. The second-order valence-electron chi connectivity index (χ2n) is 4.25. The van der Waals surface area contributed by atoms with Gasteiger partial charge in [0.05, 0.1) is 18.2 Å². The molecule has 0 radical (unpaired) electrons. The largest absolute Gasteiger partial charge is 0.328 e. The molecule has 0 amide bonds. The quantitative estimate of drug-likeness (QED) is 0.885. The van der Waals surface area contributed by atoms with E-state index >= 15 is 0 Å². The topological polar surface area (TPSA) is 43.8 Å². The lowest BCUT2D eigenvalue weighted by Crippen LogP contribution is -2.24. The van der Waals surface area contributed by atoms with E-state index in [0.29, 0.717) is 18.5 Å². The fourth-order valence-electron chi connectivity index (χ4n) is 1.91. The molecule has 0 aliphatic rings. The van der Waals surface area contributed by atoms with E-state index in [9.17, 15) is 0 Å². The van der Waals surface area contributed by atoms with Crippen molar-refractivity contribution in [3.63, 3.8) is 0 Å². The molecule has 2 aromatic rings. The molecule has 1 atom stereocenters. The molecule has 0 saturated heterocycles. The van der Waals surface area contributed by atoms with E-state index in [1.54, 1.807) is 11.3 Å². The smallest absolute Gasteiger partial charge is 0.0954 e. The van der Waals surface area contributed by atoms with Gasteiger partial charge in [0, 0.05) is 23.5 Å². The van der Waals surface area contributed by atoms with Crippen molar-refractivity contribution in [1.29, 1.82) is 0 Å². The summed E-state index contributed by atoms with van der Waals surface area (Å²) >= 11 is 1.70. The molecule has 0 bridgehead atoms. The monoisotopic (exact) mass is 235 g/mol. The zero-order chi connectivity index (χ0) is 11.5. The van der Waals surface area contributed by atoms with Crippen LogP contribution in [0.25, 0.3) is 11.3 Å². The van der Waals surface area contributed by atoms with Gasteiger partial charge in [0.15, 0.2) is 0 Å². The molecule has 2 heterocycles. The summed E-state index contributed by atoms with van der Waals surface area (Å²) in [5.74, 6) is 0.511. The maximum Gasteiger partial charge on any atom is 0.0954 e. The van der Waals surface area contributed by atoms with Crippen LogP contribution in [-0.2, 0) is 0 Å². The molecular formula is C12H17N3S. The molecule has 0 aliphatic heterocycles. The third-order valence-corrected chi connectivity index (χ3v) is 3.53. The van der Waals surface area contributed by atoms with Crippen molar-refractivity contribution in [1.82, 2.24) is 9.55 Å². The first-order chi connectivity index (χ1) is 7.74. The highest BCUT2D eigenvalue weighted by Gasteiger charge is 2.17. The Morgan fingerprint density at radius 1 is 1.50 bits per heavy atom. The van der Waals surface area contributed by atoms with Crippen LogP contribution in [0.3, 0.4) is 0 Å². The van der Waals surface area contributed by atoms with Crippen LogP contribution in [0.1, 0.15) is 19.9 Å². The molecule has 0 fully saturated rings. The van der Waals surface area contributed by atoms with Gasteiger partial charge in [-0.15, -0.1) is 0 Å². The summed E-state index contributed by atoms with van der Waals surface area (Å²) in [7, 11) is 0. The first kappa shape index (κ1) is 11.4. The van der Waals surface area contributed by atoms with Gasteiger partial charge in [-0.1, -0.05) is 13.8 Å². The number of imidazole rings is 1. The van der Waals surface area contributed by atoms with Gasteiger partial charge in [0.1, 0.15) is 0 Å². The summed E-state index contributed by atoms with van der Waals surface area (Å²) in [5.41, 5.74) is 8.22.